The molecule has 1 unspecified atom stereocenters. The van der Waals surface area contributed by atoms with E-state index in [2.05, 4.69) is 10.3 Å². The highest BCUT2D eigenvalue weighted by Crippen LogP contribution is 1.82. The fraction of sp³-hybridized carbons (Fsp3) is 0.800. The van der Waals surface area contributed by atoms with Crippen LogP contribution in [0.4, 0.5) is 0 Å². The van der Waals surface area contributed by atoms with Crippen LogP contribution in [0.1, 0.15) is 0 Å². The molecule has 0 aliphatic heterocycles. The van der Waals surface area contributed by atoms with Gasteiger partial charge in [-0.05, 0) is 0 Å². The molecular formula is C5H13N3O2. The van der Waals surface area contributed by atoms with Crippen LogP contribution in [-0.2, 0) is 9.47 Å². The second kappa shape index (κ2) is 6.47. The first-order valence-corrected chi connectivity index (χ1v) is 2.83. The lowest BCUT2D eigenvalue weighted by Crippen LogP contribution is -2.31. The fourth-order valence-corrected chi connectivity index (χ4v) is 0.430. The summed E-state index contributed by atoms with van der Waals surface area (Å²) in [5, 5.41) is 2.80. The van der Waals surface area contributed by atoms with Crippen molar-refractivity contribution < 1.29 is 9.47 Å². The van der Waals surface area contributed by atoms with Crippen molar-refractivity contribution in [1.29, 1.82) is 0 Å². The fourth-order valence-electron chi connectivity index (χ4n) is 0.430. The average Bonchev–Trinajstić information content (AvgIpc) is 1.98. The van der Waals surface area contributed by atoms with Crippen LogP contribution in [0.15, 0.2) is 4.99 Å². The molecule has 0 aliphatic carbocycles. The Balaban J connectivity index is 3.39. The van der Waals surface area contributed by atoms with Gasteiger partial charge in [-0.25, -0.2) is 10.3 Å². The van der Waals surface area contributed by atoms with Crippen molar-refractivity contribution in [3.05, 3.63) is 0 Å². The van der Waals surface area contributed by atoms with Gasteiger partial charge < -0.3 is 15.2 Å². The van der Waals surface area contributed by atoms with Gasteiger partial charge in [0.25, 0.3) is 0 Å². The van der Waals surface area contributed by atoms with Crippen molar-refractivity contribution in [3.63, 3.8) is 0 Å². The predicted molar refractivity (Wildman–Crippen MR) is 38.5 cm³/mol. The Bertz CT molecular complexity index is 96.9. The molecule has 0 fully saturated rings. The number of hydrogen-bond acceptors (Lipinski definition) is 4. The van der Waals surface area contributed by atoms with Gasteiger partial charge in [-0.2, -0.15) is 0 Å². The number of nitrogens with one attached hydrogen (secondary N) is 1. The third-order valence-corrected chi connectivity index (χ3v) is 0.847. The Morgan fingerprint density at radius 1 is 1.70 bits per heavy atom. The van der Waals surface area contributed by atoms with Gasteiger partial charge in [0, 0.05) is 14.2 Å². The molecule has 0 radical (unpaired) electrons. The van der Waals surface area contributed by atoms with Crippen molar-refractivity contribution in [2.75, 3.05) is 21.0 Å². The largest absolute Gasteiger partial charge is 0.390 e. The number of hydrogen-bond donors (Lipinski definition) is 2. The monoisotopic (exact) mass is 147 g/mol. The zero-order valence-electron chi connectivity index (χ0n) is 6.20. The van der Waals surface area contributed by atoms with E-state index in [1.807, 2.05) is 0 Å². The summed E-state index contributed by atoms with van der Waals surface area (Å²) in [5.74, 6) is 0. The van der Waals surface area contributed by atoms with E-state index < -0.39 is 6.35 Å². The third kappa shape index (κ3) is 4.25. The summed E-state index contributed by atoms with van der Waals surface area (Å²) in [6.07, 6.45) is 0.765. The molecule has 0 heterocycles. The molecule has 5 nitrogen and oxygen atoms in total. The van der Waals surface area contributed by atoms with E-state index in [1.165, 1.54) is 13.4 Å². The summed E-state index contributed by atoms with van der Waals surface area (Å²) in [4.78, 5) is 3.72. The van der Waals surface area contributed by atoms with Crippen LogP contribution in [0.25, 0.3) is 0 Å². The molecule has 0 aromatic heterocycles. The minimum Gasteiger partial charge on any atom is -0.390 e. The van der Waals surface area contributed by atoms with Crippen molar-refractivity contribution >= 4 is 6.34 Å². The molecule has 10 heavy (non-hydrogen) atoms. The quantitative estimate of drug-likeness (QED) is 0.300. The molecule has 0 aromatic carbocycles. The number of aliphatic imine (C=N–C) groups is 1. The normalized spacial score (nSPS) is 14.2. The van der Waals surface area contributed by atoms with E-state index in [9.17, 15) is 0 Å². The van der Waals surface area contributed by atoms with E-state index in [1.54, 1.807) is 7.11 Å². The first-order valence-electron chi connectivity index (χ1n) is 2.83. The summed E-state index contributed by atoms with van der Waals surface area (Å²) in [6.45, 7) is 0.385. The smallest absolute Gasteiger partial charge is 0.207 e. The SMILES string of the molecule is COCNC(N=CN)OC. The molecule has 0 saturated heterocycles. The summed E-state index contributed by atoms with van der Waals surface area (Å²) < 4.78 is 9.54. The standard InChI is InChI=1S/C5H13N3O2/c1-9-4-8-5(10-2)7-3-6/h3,5,8H,4H2,1-2H3,(H2,6,7). The van der Waals surface area contributed by atoms with E-state index >= 15 is 0 Å². The summed E-state index contributed by atoms with van der Waals surface area (Å²) in [6, 6.07) is 0. The van der Waals surface area contributed by atoms with Gasteiger partial charge in [0.1, 0.15) is 0 Å². The Morgan fingerprint density at radius 3 is 2.80 bits per heavy atom. The molecular weight excluding hydrogens is 134 g/mol. The topological polar surface area (TPSA) is 68.9 Å². The molecule has 1 atom stereocenters. The van der Waals surface area contributed by atoms with Gasteiger partial charge in [0.15, 0.2) is 0 Å². The summed E-state index contributed by atoms with van der Waals surface area (Å²) in [7, 11) is 3.10. The number of nitrogens with two attached hydrogens (primary N) is 1. The first-order chi connectivity index (χ1) is 4.85. The Kier molecular flexibility index (Phi) is 6.05. The highest BCUT2D eigenvalue weighted by molar-refractivity contribution is 5.51. The second-order valence-electron chi connectivity index (χ2n) is 1.52. The van der Waals surface area contributed by atoms with Crippen molar-refractivity contribution in [3.8, 4) is 0 Å². The Labute approximate surface area is 60.2 Å². The molecule has 60 valence electrons. The molecule has 5 heteroatoms. The summed E-state index contributed by atoms with van der Waals surface area (Å²) in [5.41, 5.74) is 5.02. The summed E-state index contributed by atoms with van der Waals surface area (Å²) >= 11 is 0. The number of nitrogens with zero attached hydrogens (tertiary/aromatic N) is 1. The van der Waals surface area contributed by atoms with Gasteiger partial charge in [0.2, 0.25) is 6.35 Å². The van der Waals surface area contributed by atoms with Crippen LogP contribution in [0.2, 0.25) is 0 Å². The van der Waals surface area contributed by atoms with Gasteiger partial charge in [-0.15, -0.1) is 0 Å². The van der Waals surface area contributed by atoms with Gasteiger partial charge in [-0.3, -0.25) is 0 Å². The Morgan fingerprint density at radius 2 is 2.40 bits per heavy atom. The van der Waals surface area contributed by atoms with Crippen molar-refractivity contribution in [1.82, 2.24) is 5.32 Å². The van der Waals surface area contributed by atoms with E-state index in [4.69, 9.17) is 15.2 Å². The number of ether oxygens (including phenoxy) is 2. The lowest BCUT2D eigenvalue weighted by molar-refractivity contribution is 0.0441. The molecule has 0 saturated carbocycles. The lowest BCUT2D eigenvalue weighted by Gasteiger charge is -2.10. The highest BCUT2D eigenvalue weighted by atomic mass is 16.5. The Hall–Kier alpha value is -0.650. The molecule has 0 bridgehead atoms. The minimum atomic E-state index is -0.412. The maximum absolute atomic E-state index is 5.02. The maximum Gasteiger partial charge on any atom is 0.207 e. The number of methoxy groups -OCH3 is 2. The van der Waals surface area contributed by atoms with Crippen LogP contribution in [0.5, 0.6) is 0 Å². The van der Waals surface area contributed by atoms with Crippen LogP contribution in [-0.4, -0.2) is 33.6 Å². The molecule has 3 N–H and O–H groups in total. The lowest BCUT2D eigenvalue weighted by atomic mass is 10.9. The van der Waals surface area contributed by atoms with Crippen LogP contribution < -0.4 is 11.1 Å². The second-order valence-corrected chi connectivity index (χ2v) is 1.52. The zero-order valence-corrected chi connectivity index (χ0v) is 6.20. The van der Waals surface area contributed by atoms with Crippen LogP contribution >= 0.6 is 0 Å². The van der Waals surface area contributed by atoms with Gasteiger partial charge in [0.05, 0.1) is 13.1 Å². The predicted octanol–water partition coefficient (Wildman–Crippen LogP) is -0.903. The average molecular weight is 147 g/mol. The third-order valence-electron chi connectivity index (χ3n) is 0.847. The highest BCUT2D eigenvalue weighted by Gasteiger charge is 1.98. The molecule has 0 spiro atoms. The first kappa shape index (κ1) is 9.35. The van der Waals surface area contributed by atoms with E-state index in [0.717, 1.165) is 0 Å². The van der Waals surface area contributed by atoms with Gasteiger partial charge >= 0.3 is 0 Å². The minimum absolute atomic E-state index is 0.385. The van der Waals surface area contributed by atoms with E-state index in [-0.39, 0.29) is 0 Å². The van der Waals surface area contributed by atoms with Crippen molar-refractivity contribution in [2.24, 2.45) is 10.7 Å². The molecule has 0 rings (SSSR count). The van der Waals surface area contributed by atoms with Crippen LogP contribution in [0.3, 0.4) is 0 Å². The molecule has 0 aliphatic rings. The van der Waals surface area contributed by atoms with Crippen LogP contribution in [0, 0.1) is 0 Å². The molecule has 0 aromatic rings. The molecule has 0 amide bonds. The zero-order chi connectivity index (χ0) is 7.82. The maximum atomic E-state index is 5.02. The van der Waals surface area contributed by atoms with E-state index in [0.29, 0.717) is 6.73 Å². The number of rotatable bonds is 5. The van der Waals surface area contributed by atoms with Gasteiger partial charge in [-0.1, -0.05) is 0 Å². The van der Waals surface area contributed by atoms with Crippen molar-refractivity contribution in [2.45, 2.75) is 6.35 Å².